The van der Waals surface area contributed by atoms with Crippen molar-refractivity contribution in [2.75, 3.05) is 0 Å². The van der Waals surface area contributed by atoms with Gasteiger partial charge in [-0.05, 0) is 0 Å². The second-order valence-corrected chi connectivity index (χ2v) is 3.09. The molecule has 5 heteroatoms. The third-order valence-corrected chi connectivity index (χ3v) is 1.57. The van der Waals surface area contributed by atoms with Crippen LogP contribution in [0.25, 0.3) is 0 Å². The van der Waals surface area contributed by atoms with Gasteiger partial charge in [0.15, 0.2) is 0 Å². The number of hydrogen-bond donors (Lipinski definition) is 1. The summed E-state index contributed by atoms with van der Waals surface area (Å²) in [4.78, 5) is 0. The van der Waals surface area contributed by atoms with Crippen molar-refractivity contribution in [2.45, 2.75) is 18.4 Å². The molecule has 0 heterocycles. The average molecular weight is 270 g/mol. The molecule has 0 aromatic rings. The van der Waals surface area contributed by atoms with Crippen LogP contribution in [0.2, 0.25) is 0 Å². The van der Waals surface area contributed by atoms with E-state index in [0.717, 1.165) is 23.5 Å². The third-order valence-electron chi connectivity index (χ3n) is 0.695. The summed E-state index contributed by atoms with van der Waals surface area (Å²) in [6.45, 7) is 3.47. The van der Waals surface area contributed by atoms with E-state index >= 15 is 0 Å². The quantitative estimate of drug-likeness (QED) is 0.725. The SMILES string of the molecule is CC(C)C(O)(Cl)Cl.[Cl][Zr]. The second kappa shape index (κ2) is 6.43. The molecule has 1 nitrogen and oxygen atoms in total. The number of alkyl halides is 2. The predicted octanol–water partition coefficient (Wildman–Crippen LogP) is 2.45. The van der Waals surface area contributed by atoms with E-state index in [1.807, 2.05) is 0 Å². The molecule has 0 aromatic carbocycles. The zero-order valence-electron chi connectivity index (χ0n) is 5.16. The summed E-state index contributed by atoms with van der Waals surface area (Å²) in [5.74, 6) is -0.115. The van der Waals surface area contributed by atoms with Gasteiger partial charge < -0.3 is 5.11 Å². The summed E-state index contributed by atoms with van der Waals surface area (Å²) in [6.07, 6.45) is 0. The van der Waals surface area contributed by atoms with Crippen LogP contribution in [0.3, 0.4) is 0 Å². The van der Waals surface area contributed by atoms with Crippen LogP contribution in [0.5, 0.6) is 0 Å². The van der Waals surface area contributed by atoms with Gasteiger partial charge in [-0.25, -0.2) is 0 Å². The van der Waals surface area contributed by atoms with Gasteiger partial charge in [-0.2, -0.15) is 0 Å². The molecule has 0 saturated heterocycles. The Bertz CT molecular complexity index is 61.3. The molecular weight excluding hydrogens is 262 g/mol. The first kappa shape index (κ1) is 13.3. The van der Waals surface area contributed by atoms with Crippen molar-refractivity contribution < 1.29 is 28.6 Å². The van der Waals surface area contributed by atoms with E-state index in [9.17, 15) is 0 Å². The van der Waals surface area contributed by atoms with Crippen molar-refractivity contribution in [3.05, 3.63) is 0 Å². The maximum atomic E-state index is 8.63. The van der Waals surface area contributed by atoms with E-state index in [1.165, 1.54) is 0 Å². The zero-order chi connectivity index (χ0) is 8.08. The van der Waals surface area contributed by atoms with Gasteiger partial charge in [0.25, 0.3) is 0 Å². The number of hydrogen-bond acceptors (Lipinski definition) is 1. The summed E-state index contributed by atoms with van der Waals surface area (Å²) < 4.78 is -1.56. The molecule has 55 valence electrons. The van der Waals surface area contributed by atoms with E-state index in [1.54, 1.807) is 13.8 Å². The van der Waals surface area contributed by atoms with Gasteiger partial charge >= 0.3 is 32.0 Å². The third kappa shape index (κ3) is 9.71. The van der Waals surface area contributed by atoms with Crippen LogP contribution in [0.1, 0.15) is 13.8 Å². The molecule has 1 N–H and O–H groups in total. The Morgan fingerprint density at radius 1 is 1.33 bits per heavy atom. The fraction of sp³-hybridized carbons (Fsp3) is 1.00. The molecular formula is C4H8Cl3OZr. The van der Waals surface area contributed by atoms with E-state index in [-0.39, 0.29) is 5.92 Å². The molecule has 0 radical (unpaired) electrons. The Kier molecular flexibility index (Phi) is 9.50. The van der Waals surface area contributed by atoms with Gasteiger partial charge in [0.1, 0.15) is 0 Å². The summed E-state index contributed by atoms with van der Waals surface area (Å²) in [5.41, 5.74) is 0. The van der Waals surface area contributed by atoms with Gasteiger partial charge in [-0.3, -0.25) is 0 Å². The first-order valence-corrected chi connectivity index (χ1v) is 6.15. The number of aliphatic hydroxyl groups is 1. The van der Waals surface area contributed by atoms with E-state index in [0.29, 0.717) is 0 Å². The van der Waals surface area contributed by atoms with Crippen molar-refractivity contribution in [2.24, 2.45) is 5.92 Å². The van der Waals surface area contributed by atoms with E-state index < -0.39 is 4.52 Å². The van der Waals surface area contributed by atoms with Crippen LogP contribution >= 0.6 is 31.7 Å². The van der Waals surface area contributed by atoms with Gasteiger partial charge in [0.2, 0.25) is 4.52 Å². The molecule has 0 saturated carbocycles. The van der Waals surface area contributed by atoms with Crippen LogP contribution in [-0.4, -0.2) is 9.63 Å². The van der Waals surface area contributed by atoms with Gasteiger partial charge in [0.05, 0.1) is 0 Å². The fourth-order valence-corrected chi connectivity index (χ4v) is 0. The Morgan fingerprint density at radius 2 is 1.44 bits per heavy atom. The molecule has 0 aliphatic heterocycles. The Labute approximate surface area is 84.1 Å². The van der Waals surface area contributed by atoms with Crippen molar-refractivity contribution in [1.29, 1.82) is 0 Å². The molecule has 0 bridgehead atoms. The summed E-state index contributed by atoms with van der Waals surface area (Å²) in [6, 6.07) is 0. The molecule has 0 aliphatic carbocycles. The topological polar surface area (TPSA) is 20.2 Å². The van der Waals surface area contributed by atoms with Crippen molar-refractivity contribution in [3.63, 3.8) is 0 Å². The van der Waals surface area contributed by atoms with E-state index in [2.05, 4.69) is 0 Å². The summed E-state index contributed by atoms with van der Waals surface area (Å²) in [5, 5.41) is 8.63. The van der Waals surface area contributed by atoms with Crippen molar-refractivity contribution in [1.82, 2.24) is 0 Å². The number of rotatable bonds is 1. The van der Waals surface area contributed by atoms with Gasteiger partial charge in [0, 0.05) is 5.92 Å². The van der Waals surface area contributed by atoms with Crippen LogP contribution in [0, 0.1) is 5.92 Å². The molecule has 0 amide bonds. The molecule has 0 spiro atoms. The minimum absolute atomic E-state index is 0.115. The maximum absolute atomic E-state index is 8.63. The normalized spacial score (nSPS) is 10.4. The first-order valence-electron chi connectivity index (χ1n) is 2.23. The molecule has 9 heavy (non-hydrogen) atoms. The Hall–Kier alpha value is 1.71. The standard InChI is InChI=1S/C4H8Cl2O.ClH.Zr/c1-3(2)4(5,6)7;;/h3,7H,1-2H3;1H;/q;;+1/p-1. The molecule has 0 aliphatic rings. The Morgan fingerprint density at radius 3 is 1.44 bits per heavy atom. The zero-order valence-corrected chi connectivity index (χ0v) is 9.88. The van der Waals surface area contributed by atoms with Crippen LogP contribution in [0.15, 0.2) is 0 Å². The molecule has 0 atom stereocenters. The van der Waals surface area contributed by atoms with Crippen LogP contribution < -0.4 is 0 Å². The summed E-state index contributed by atoms with van der Waals surface area (Å²) >= 11 is 11.4. The molecule has 0 unspecified atom stereocenters. The van der Waals surface area contributed by atoms with Gasteiger partial charge in [-0.1, -0.05) is 37.0 Å². The van der Waals surface area contributed by atoms with Crippen LogP contribution in [0.4, 0.5) is 0 Å². The van der Waals surface area contributed by atoms with Crippen LogP contribution in [-0.2, 0) is 23.5 Å². The van der Waals surface area contributed by atoms with E-state index in [4.69, 9.17) is 36.8 Å². The minimum atomic E-state index is -1.56. The van der Waals surface area contributed by atoms with Crippen molar-refractivity contribution >= 4 is 31.7 Å². The number of halogens is 3. The average Bonchev–Trinajstić information content (AvgIpc) is 1.69. The fourth-order valence-electron chi connectivity index (χ4n) is 0. The Balaban J connectivity index is 0. The summed E-state index contributed by atoms with van der Waals surface area (Å²) in [7, 11) is 4.73. The first-order chi connectivity index (χ1) is 3.94. The molecule has 0 rings (SSSR count). The van der Waals surface area contributed by atoms with Crippen molar-refractivity contribution in [3.8, 4) is 0 Å². The molecule has 0 fully saturated rings. The predicted molar refractivity (Wildman–Crippen MR) is 37.3 cm³/mol. The second-order valence-electron chi connectivity index (χ2n) is 1.74. The van der Waals surface area contributed by atoms with Gasteiger partial charge in [-0.15, -0.1) is 0 Å². The molecule has 0 aromatic heterocycles. The monoisotopic (exact) mass is 267 g/mol.